The molecule has 0 radical (unpaired) electrons. The number of carbonyl (C=O) groups excluding carboxylic acids is 1. The molecule has 0 heterocycles. The van der Waals surface area contributed by atoms with Crippen molar-refractivity contribution >= 4 is 17.4 Å². The largest absolute Gasteiger partial charge is 0.297 e. The van der Waals surface area contributed by atoms with Gasteiger partial charge in [-0.25, -0.2) is 13.2 Å². The van der Waals surface area contributed by atoms with E-state index in [0.717, 1.165) is 0 Å². The van der Waals surface area contributed by atoms with Gasteiger partial charge in [0.25, 0.3) is 0 Å². The van der Waals surface area contributed by atoms with Gasteiger partial charge in [0.05, 0.1) is 0 Å². The summed E-state index contributed by atoms with van der Waals surface area (Å²) in [6, 6.07) is 5.35. The molecule has 1 aliphatic rings. The monoisotopic (exact) mass is 290 g/mol. The number of rotatable bonds is 3. The van der Waals surface area contributed by atoms with Crippen LogP contribution in [-0.4, -0.2) is 11.7 Å². The maximum absolute atomic E-state index is 13.0. The molecule has 1 aliphatic carbocycles. The molecule has 0 saturated heterocycles. The molecule has 0 amide bonds. The summed E-state index contributed by atoms with van der Waals surface area (Å²) in [7, 11) is 0. The second kappa shape index (κ2) is 5.53. The molecular formula is C14H14ClF3O. The van der Waals surface area contributed by atoms with E-state index in [9.17, 15) is 18.0 Å². The van der Waals surface area contributed by atoms with Crippen molar-refractivity contribution in [1.82, 2.24) is 0 Å². The number of hydrogen-bond donors (Lipinski definition) is 0. The number of halogens is 4. The SMILES string of the molecule is O=C(C1CCC(F)(F)CC1)C(Cl)c1ccc(F)cc1. The maximum atomic E-state index is 13.0. The first kappa shape index (κ1) is 14.4. The lowest BCUT2D eigenvalue weighted by atomic mass is 9.82. The fourth-order valence-electron chi connectivity index (χ4n) is 2.33. The predicted molar refractivity (Wildman–Crippen MR) is 66.9 cm³/mol. The Bertz CT molecular complexity index is 448. The molecule has 0 aromatic heterocycles. The highest BCUT2D eigenvalue weighted by Gasteiger charge is 2.38. The minimum atomic E-state index is -2.66. The minimum Gasteiger partial charge on any atom is -0.297 e. The average molecular weight is 291 g/mol. The van der Waals surface area contributed by atoms with E-state index in [-0.39, 0.29) is 31.5 Å². The van der Waals surface area contributed by atoms with Gasteiger partial charge in [-0.1, -0.05) is 12.1 Å². The minimum absolute atomic E-state index is 0.163. The van der Waals surface area contributed by atoms with Crippen molar-refractivity contribution in [3.05, 3.63) is 35.6 Å². The number of Topliss-reactive ketones (excluding diaryl/α,β-unsaturated/α-hetero) is 1. The summed E-state index contributed by atoms with van der Waals surface area (Å²) in [6.45, 7) is 0. The van der Waals surface area contributed by atoms with E-state index in [1.165, 1.54) is 24.3 Å². The zero-order valence-electron chi connectivity index (χ0n) is 10.2. The molecule has 2 rings (SSSR count). The van der Waals surface area contributed by atoms with Gasteiger partial charge in [-0.3, -0.25) is 4.79 Å². The maximum Gasteiger partial charge on any atom is 0.248 e. The Hall–Kier alpha value is -1.03. The molecule has 5 heteroatoms. The second-order valence-electron chi connectivity index (χ2n) is 4.95. The molecule has 0 N–H and O–H groups in total. The zero-order chi connectivity index (χ0) is 14.0. The molecule has 104 valence electrons. The molecule has 0 bridgehead atoms. The summed E-state index contributed by atoms with van der Waals surface area (Å²) >= 11 is 6.05. The van der Waals surface area contributed by atoms with Crippen molar-refractivity contribution in [2.45, 2.75) is 37.0 Å². The van der Waals surface area contributed by atoms with Crippen LogP contribution >= 0.6 is 11.6 Å². The van der Waals surface area contributed by atoms with Crippen LogP contribution in [0.1, 0.15) is 36.6 Å². The molecule has 0 aliphatic heterocycles. The topological polar surface area (TPSA) is 17.1 Å². The van der Waals surface area contributed by atoms with Gasteiger partial charge < -0.3 is 0 Å². The highest BCUT2D eigenvalue weighted by atomic mass is 35.5. The van der Waals surface area contributed by atoms with Crippen molar-refractivity contribution in [3.63, 3.8) is 0 Å². The molecule has 1 nitrogen and oxygen atoms in total. The standard InChI is InChI=1S/C14H14ClF3O/c15-12(9-1-3-11(16)4-2-9)13(19)10-5-7-14(17,18)8-6-10/h1-4,10,12H,5-8H2. The van der Waals surface area contributed by atoms with Crippen LogP contribution in [0, 0.1) is 11.7 Å². The summed E-state index contributed by atoms with van der Waals surface area (Å²) in [6.07, 6.45) is -0.209. The van der Waals surface area contributed by atoms with Crippen LogP contribution in [0.4, 0.5) is 13.2 Å². The van der Waals surface area contributed by atoms with Crippen LogP contribution in [0.5, 0.6) is 0 Å². The van der Waals surface area contributed by atoms with Gasteiger partial charge in [0, 0.05) is 18.8 Å². The lowest BCUT2D eigenvalue weighted by Gasteiger charge is -2.28. The van der Waals surface area contributed by atoms with Crippen molar-refractivity contribution < 1.29 is 18.0 Å². The highest BCUT2D eigenvalue weighted by Crippen LogP contribution is 2.39. The van der Waals surface area contributed by atoms with Crippen LogP contribution in [0.2, 0.25) is 0 Å². The fourth-order valence-corrected chi connectivity index (χ4v) is 2.65. The Kier molecular flexibility index (Phi) is 4.19. The Morgan fingerprint density at radius 1 is 1.21 bits per heavy atom. The van der Waals surface area contributed by atoms with Gasteiger partial charge in [-0.2, -0.15) is 0 Å². The quantitative estimate of drug-likeness (QED) is 0.749. The summed E-state index contributed by atoms with van der Waals surface area (Å²) in [5, 5.41) is -0.891. The Labute approximate surface area is 114 Å². The Morgan fingerprint density at radius 2 is 1.74 bits per heavy atom. The Balaban J connectivity index is 2.02. The van der Waals surface area contributed by atoms with E-state index < -0.39 is 23.0 Å². The van der Waals surface area contributed by atoms with E-state index in [0.29, 0.717) is 5.56 Å². The number of hydrogen-bond acceptors (Lipinski definition) is 1. The Morgan fingerprint density at radius 3 is 2.26 bits per heavy atom. The number of carbonyl (C=O) groups is 1. The molecule has 0 spiro atoms. The van der Waals surface area contributed by atoms with Crippen molar-refractivity contribution in [1.29, 1.82) is 0 Å². The van der Waals surface area contributed by atoms with Crippen LogP contribution in [0.25, 0.3) is 0 Å². The highest BCUT2D eigenvalue weighted by molar-refractivity contribution is 6.31. The predicted octanol–water partition coefficient (Wildman–Crippen LogP) is 4.50. The first-order chi connectivity index (χ1) is 8.89. The third kappa shape index (κ3) is 3.50. The van der Waals surface area contributed by atoms with Gasteiger partial charge in [0.15, 0.2) is 5.78 Å². The molecule has 1 saturated carbocycles. The van der Waals surface area contributed by atoms with Gasteiger partial charge in [0.2, 0.25) is 5.92 Å². The molecule has 19 heavy (non-hydrogen) atoms. The molecular weight excluding hydrogens is 277 g/mol. The smallest absolute Gasteiger partial charge is 0.248 e. The summed E-state index contributed by atoms with van der Waals surface area (Å²) in [5.41, 5.74) is 0.505. The van der Waals surface area contributed by atoms with E-state index >= 15 is 0 Å². The van der Waals surface area contributed by atoms with Gasteiger partial charge in [0.1, 0.15) is 11.2 Å². The van der Waals surface area contributed by atoms with E-state index in [2.05, 4.69) is 0 Å². The first-order valence-electron chi connectivity index (χ1n) is 6.20. The van der Waals surface area contributed by atoms with E-state index in [1.807, 2.05) is 0 Å². The lowest BCUT2D eigenvalue weighted by Crippen LogP contribution is -2.30. The molecule has 1 aromatic rings. The molecule has 1 fully saturated rings. The van der Waals surface area contributed by atoms with Gasteiger partial charge in [-0.15, -0.1) is 11.6 Å². The third-order valence-electron chi connectivity index (χ3n) is 3.53. The summed E-state index contributed by atoms with van der Waals surface area (Å²) < 4.78 is 38.8. The van der Waals surface area contributed by atoms with Gasteiger partial charge in [-0.05, 0) is 30.5 Å². The summed E-state index contributed by atoms with van der Waals surface area (Å²) in [4.78, 5) is 12.1. The van der Waals surface area contributed by atoms with Gasteiger partial charge >= 0.3 is 0 Å². The zero-order valence-corrected chi connectivity index (χ0v) is 11.0. The van der Waals surface area contributed by atoms with Crippen molar-refractivity contribution in [2.24, 2.45) is 5.92 Å². The van der Waals surface area contributed by atoms with Crippen molar-refractivity contribution in [3.8, 4) is 0 Å². The molecule has 1 atom stereocenters. The lowest BCUT2D eigenvalue weighted by molar-refractivity contribution is -0.126. The van der Waals surface area contributed by atoms with Crippen LogP contribution in [0.15, 0.2) is 24.3 Å². The van der Waals surface area contributed by atoms with E-state index in [1.54, 1.807) is 0 Å². The average Bonchev–Trinajstić information content (AvgIpc) is 2.38. The van der Waals surface area contributed by atoms with Crippen LogP contribution in [0.3, 0.4) is 0 Å². The molecule has 1 aromatic carbocycles. The van der Waals surface area contributed by atoms with Crippen molar-refractivity contribution in [2.75, 3.05) is 0 Å². The van der Waals surface area contributed by atoms with Crippen LogP contribution < -0.4 is 0 Å². The number of benzene rings is 1. The normalized spacial score (nSPS) is 21.1. The molecule has 1 unspecified atom stereocenters. The number of alkyl halides is 3. The summed E-state index contributed by atoms with van der Waals surface area (Å²) in [5.74, 6) is -3.73. The fraction of sp³-hybridized carbons (Fsp3) is 0.500. The first-order valence-corrected chi connectivity index (χ1v) is 6.64. The van der Waals surface area contributed by atoms with E-state index in [4.69, 9.17) is 11.6 Å². The number of ketones is 1. The van der Waals surface area contributed by atoms with Crippen LogP contribution in [-0.2, 0) is 4.79 Å². The second-order valence-corrected chi connectivity index (χ2v) is 5.38. The third-order valence-corrected chi connectivity index (χ3v) is 4.00.